The highest BCUT2D eigenvalue weighted by Crippen LogP contribution is 2.32. The lowest BCUT2D eigenvalue weighted by Gasteiger charge is -2.31. The number of hydrogen-bond donors (Lipinski definition) is 1. The van der Waals surface area contributed by atoms with E-state index >= 15 is 0 Å². The third-order valence-electron chi connectivity index (χ3n) is 7.54. The number of ketones is 1. The number of aromatic nitrogens is 1. The molecule has 4 nitrogen and oxygen atoms in total. The van der Waals surface area contributed by atoms with Crippen molar-refractivity contribution in [2.24, 2.45) is 5.73 Å². The highest BCUT2D eigenvalue weighted by molar-refractivity contribution is 5.85. The van der Waals surface area contributed by atoms with Gasteiger partial charge in [-0.3, -0.25) is 9.78 Å². The predicted molar refractivity (Wildman–Crippen MR) is 142 cm³/mol. The molecule has 180 valence electrons. The Balaban J connectivity index is 1.57. The number of benzene rings is 2. The van der Waals surface area contributed by atoms with Crippen molar-refractivity contribution in [1.82, 2.24) is 9.88 Å². The SMILES string of the molecule is CCC(CCN1CCC(N)CC1)c1cc2cc(-c3ccc(CC(C)=O)c(C)c3)cnc2cc1C. The van der Waals surface area contributed by atoms with Crippen LogP contribution in [0.2, 0.25) is 0 Å². The maximum absolute atomic E-state index is 11.5. The molecule has 2 heterocycles. The fourth-order valence-corrected chi connectivity index (χ4v) is 5.33. The monoisotopic (exact) mass is 457 g/mol. The first-order valence-corrected chi connectivity index (χ1v) is 12.8. The Morgan fingerprint density at radius 2 is 1.85 bits per heavy atom. The number of likely N-dealkylation sites (tertiary alicyclic amines) is 1. The molecule has 1 atom stereocenters. The highest BCUT2D eigenvalue weighted by Gasteiger charge is 2.19. The fraction of sp³-hybridized carbons (Fsp3) is 0.467. The number of carbonyl (C=O) groups is 1. The maximum Gasteiger partial charge on any atom is 0.134 e. The molecule has 0 amide bonds. The largest absolute Gasteiger partial charge is 0.328 e. The van der Waals surface area contributed by atoms with E-state index in [1.807, 2.05) is 6.20 Å². The Hall–Kier alpha value is -2.56. The van der Waals surface area contributed by atoms with Crippen LogP contribution >= 0.6 is 0 Å². The average Bonchev–Trinajstić information content (AvgIpc) is 2.81. The molecule has 1 aliphatic rings. The number of nitrogens with zero attached hydrogens (tertiary/aromatic N) is 2. The Bertz CT molecular complexity index is 1160. The van der Waals surface area contributed by atoms with Crippen LogP contribution in [0, 0.1) is 13.8 Å². The second-order valence-electron chi connectivity index (χ2n) is 10.2. The minimum atomic E-state index is 0.195. The number of nitrogens with two attached hydrogens (primary N) is 1. The average molecular weight is 458 g/mol. The van der Waals surface area contributed by atoms with Crippen LogP contribution in [-0.4, -0.2) is 41.3 Å². The summed E-state index contributed by atoms with van der Waals surface area (Å²) < 4.78 is 0. The van der Waals surface area contributed by atoms with E-state index in [0.717, 1.165) is 66.7 Å². The topological polar surface area (TPSA) is 59.2 Å². The summed E-state index contributed by atoms with van der Waals surface area (Å²) in [6.07, 6.45) is 7.03. The van der Waals surface area contributed by atoms with Gasteiger partial charge in [0.1, 0.15) is 5.78 Å². The van der Waals surface area contributed by atoms with Crippen LogP contribution in [0.3, 0.4) is 0 Å². The zero-order valence-corrected chi connectivity index (χ0v) is 21.2. The molecule has 4 heteroatoms. The lowest BCUT2D eigenvalue weighted by Crippen LogP contribution is -2.40. The molecular formula is C30H39N3O. The Morgan fingerprint density at radius 3 is 2.53 bits per heavy atom. The second kappa shape index (κ2) is 10.8. The van der Waals surface area contributed by atoms with Crippen molar-refractivity contribution in [3.63, 3.8) is 0 Å². The molecule has 1 fully saturated rings. The van der Waals surface area contributed by atoms with Crippen molar-refractivity contribution in [1.29, 1.82) is 0 Å². The van der Waals surface area contributed by atoms with Crippen molar-refractivity contribution < 1.29 is 4.79 Å². The van der Waals surface area contributed by atoms with E-state index in [9.17, 15) is 4.79 Å². The van der Waals surface area contributed by atoms with Gasteiger partial charge in [0.15, 0.2) is 0 Å². The van der Waals surface area contributed by atoms with E-state index in [1.165, 1.54) is 22.9 Å². The van der Waals surface area contributed by atoms with Crippen LogP contribution in [0.1, 0.15) is 67.7 Å². The first-order valence-electron chi connectivity index (χ1n) is 12.8. The smallest absolute Gasteiger partial charge is 0.134 e. The third kappa shape index (κ3) is 5.73. The molecule has 1 aromatic heterocycles. The minimum Gasteiger partial charge on any atom is -0.328 e. The van der Waals surface area contributed by atoms with Crippen molar-refractivity contribution >= 4 is 16.7 Å². The summed E-state index contributed by atoms with van der Waals surface area (Å²) in [5, 5.41) is 1.20. The number of aryl methyl sites for hydroxylation is 2. The molecule has 0 radical (unpaired) electrons. The van der Waals surface area contributed by atoms with Crippen LogP contribution in [0.4, 0.5) is 0 Å². The van der Waals surface area contributed by atoms with E-state index in [1.54, 1.807) is 6.92 Å². The third-order valence-corrected chi connectivity index (χ3v) is 7.54. The van der Waals surface area contributed by atoms with Gasteiger partial charge in [-0.05, 0) is 118 Å². The number of Topliss-reactive ketones (excluding diaryl/α,β-unsaturated/α-hetero) is 1. The molecule has 0 bridgehead atoms. The predicted octanol–water partition coefficient (Wildman–Crippen LogP) is 5.96. The first kappa shape index (κ1) is 24.6. The molecule has 4 rings (SSSR count). The zero-order chi connectivity index (χ0) is 24.2. The van der Waals surface area contributed by atoms with Gasteiger partial charge in [0.25, 0.3) is 0 Å². The van der Waals surface area contributed by atoms with Crippen LogP contribution < -0.4 is 5.73 Å². The summed E-state index contributed by atoms with van der Waals surface area (Å²) in [5.41, 5.74) is 14.5. The number of rotatable bonds is 8. The van der Waals surface area contributed by atoms with Gasteiger partial charge in [-0.2, -0.15) is 0 Å². The Morgan fingerprint density at radius 1 is 1.09 bits per heavy atom. The summed E-state index contributed by atoms with van der Waals surface area (Å²) in [5.74, 6) is 0.747. The molecule has 2 N–H and O–H groups in total. The number of fused-ring (bicyclic) bond motifs is 1. The van der Waals surface area contributed by atoms with Gasteiger partial charge >= 0.3 is 0 Å². The fourth-order valence-electron chi connectivity index (χ4n) is 5.33. The van der Waals surface area contributed by atoms with Gasteiger partial charge in [-0.25, -0.2) is 0 Å². The van der Waals surface area contributed by atoms with Crippen molar-refractivity contribution in [2.45, 2.75) is 71.8 Å². The van der Waals surface area contributed by atoms with Gasteiger partial charge in [-0.1, -0.05) is 25.1 Å². The molecule has 34 heavy (non-hydrogen) atoms. The quantitative estimate of drug-likeness (QED) is 0.454. The van der Waals surface area contributed by atoms with Gasteiger partial charge in [0.2, 0.25) is 0 Å². The molecular weight excluding hydrogens is 418 g/mol. The summed E-state index contributed by atoms with van der Waals surface area (Å²) in [6.45, 7) is 11.7. The van der Waals surface area contributed by atoms with Gasteiger partial charge in [0, 0.05) is 29.6 Å². The highest BCUT2D eigenvalue weighted by atomic mass is 16.1. The van der Waals surface area contributed by atoms with E-state index in [2.05, 4.69) is 62.1 Å². The normalized spacial score (nSPS) is 16.1. The zero-order valence-electron chi connectivity index (χ0n) is 21.2. The van der Waals surface area contributed by atoms with Crippen LogP contribution in [0.15, 0.2) is 42.6 Å². The number of hydrogen-bond acceptors (Lipinski definition) is 4. The second-order valence-corrected chi connectivity index (χ2v) is 10.2. The molecule has 1 saturated heterocycles. The molecule has 0 saturated carbocycles. The summed E-state index contributed by atoms with van der Waals surface area (Å²) in [7, 11) is 0. The maximum atomic E-state index is 11.5. The van der Waals surface area contributed by atoms with Gasteiger partial charge in [-0.15, -0.1) is 0 Å². The molecule has 0 aliphatic carbocycles. The van der Waals surface area contributed by atoms with Crippen LogP contribution in [0.25, 0.3) is 22.0 Å². The van der Waals surface area contributed by atoms with Crippen molar-refractivity contribution in [3.8, 4) is 11.1 Å². The summed E-state index contributed by atoms with van der Waals surface area (Å²) in [6, 6.07) is 13.6. The molecule has 2 aromatic carbocycles. The molecule has 0 spiro atoms. The molecule has 1 unspecified atom stereocenters. The van der Waals surface area contributed by atoms with Crippen LogP contribution in [0.5, 0.6) is 0 Å². The van der Waals surface area contributed by atoms with E-state index in [-0.39, 0.29) is 5.78 Å². The summed E-state index contributed by atoms with van der Waals surface area (Å²) >= 11 is 0. The molecule has 1 aliphatic heterocycles. The Kier molecular flexibility index (Phi) is 7.80. The van der Waals surface area contributed by atoms with Crippen molar-refractivity contribution in [2.75, 3.05) is 19.6 Å². The van der Waals surface area contributed by atoms with Crippen molar-refractivity contribution in [3.05, 3.63) is 64.8 Å². The first-order chi connectivity index (χ1) is 16.3. The Labute approximate surface area is 204 Å². The lowest BCUT2D eigenvalue weighted by atomic mass is 9.88. The van der Waals surface area contributed by atoms with E-state index in [4.69, 9.17) is 10.7 Å². The lowest BCUT2D eigenvalue weighted by molar-refractivity contribution is -0.116. The standard InChI is InChI=1S/C30H39N3O/c1-5-23(8-11-33-12-9-28(31)10-13-33)29-18-26-17-27(19-32-30(26)15-21(29)3)25-7-6-24(16-22(4)34)20(2)14-25/h6-7,14-15,17-19,23,28H,5,8-13,16,31H2,1-4H3. The number of piperidine rings is 1. The van der Waals surface area contributed by atoms with Gasteiger partial charge < -0.3 is 10.6 Å². The van der Waals surface area contributed by atoms with Gasteiger partial charge in [0.05, 0.1) is 5.52 Å². The number of carbonyl (C=O) groups excluding carboxylic acids is 1. The summed E-state index contributed by atoms with van der Waals surface area (Å²) in [4.78, 5) is 18.9. The van der Waals surface area contributed by atoms with E-state index < -0.39 is 0 Å². The molecule has 3 aromatic rings. The minimum absolute atomic E-state index is 0.195. The van der Waals surface area contributed by atoms with Crippen LogP contribution in [-0.2, 0) is 11.2 Å². The van der Waals surface area contributed by atoms with E-state index in [0.29, 0.717) is 18.4 Å². The number of pyridine rings is 1.